The number of aliphatic hydroxyl groups is 5. The van der Waals surface area contributed by atoms with E-state index in [0.29, 0.717) is 5.56 Å². The van der Waals surface area contributed by atoms with E-state index in [1.807, 2.05) is 0 Å². The highest BCUT2D eigenvalue weighted by Gasteiger charge is 2.54. The number of phenols is 3. The van der Waals surface area contributed by atoms with E-state index in [2.05, 4.69) is 0 Å². The molecule has 3 heterocycles. The minimum Gasteiger partial charge on any atom is -0.508 e. The summed E-state index contributed by atoms with van der Waals surface area (Å²) in [7, 11) is 2.69. The van der Waals surface area contributed by atoms with E-state index in [1.165, 1.54) is 68.8 Å². The van der Waals surface area contributed by atoms with Crippen LogP contribution in [0.5, 0.6) is 34.5 Å². The highest BCUT2D eigenvalue weighted by Crippen LogP contribution is 2.39. The topological polar surface area (TPSA) is 274 Å². The Kier molecular flexibility index (Phi) is 11.5. The second kappa shape index (κ2) is 16.1. The second-order valence-corrected chi connectivity index (χ2v) is 12.7. The molecule has 0 amide bonds. The lowest BCUT2D eigenvalue weighted by atomic mass is 9.98. The van der Waals surface area contributed by atoms with Gasteiger partial charge in [-0.2, -0.15) is 0 Å². The molecule has 55 heavy (non-hydrogen) atoms. The lowest BCUT2D eigenvalue weighted by Crippen LogP contribution is -2.62. The molecule has 2 fully saturated rings. The van der Waals surface area contributed by atoms with Crippen molar-refractivity contribution in [2.45, 2.75) is 48.7 Å². The van der Waals surface area contributed by atoms with Gasteiger partial charge < -0.3 is 78.4 Å². The minimum atomic E-state index is -2.23. The number of methoxy groups -OCH3 is 2. The number of aliphatic hydroxyl groups excluding tert-OH is 4. The average Bonchev–Trinajstić information content (AvgIpc) is 3.46. The Balaban J connectivity index is 1.25. The molecule has 294 valence electrons. The van der Waals surface area contributed by atoms with Crippen LogP contribution >= 0.6 is 0 Å². The van der Waals surface area contributed by atoms with Crippen molar-refractivity contribution in [3.05, 3.63) is 76.5 Å². The molecule has 18 heteroatoms. The first-order valence-corrected chi connectivity index (χ1v) is 16.6. The Morgan fingerprint density at radius 3 is 2.38 bits per heavy atom. The number of hydrogen-bond acceptors (Lipinski definition) is 18. The molecule has 2 aliphatic heterocycles. The molecule has 6 rings (SSSR count). The first kappa shape index (κ1) is 39.3. The summed E-state index contributed by atoms with van der Waals surface area (Å²) in [5, 5.41) is 84.1. The summed E-state index contributed by atoms with van der Waals surface area (Å²) in [5.74, 6) is -2.18. The maximum Gasteiger partial charge on any atom is 0.330 e. The van der Waals surface area contributed by atoms with Crippen LogP contribution in [0.15, 0.2) is 69.9 Å². The van der Waals surface area contributed by atoms with Gasteiger partial charge in [0.1, 0.15) is 59.2 Å². The fraction of sp³-hybridized carbons (Fsp3) is 0.351. The number of fused-ring (bicyclic) bond motifs is 1. The zero-order chi connectivity index (χ0) is 39.6. The van der Waals surface area contributed by atoms with Gasteiger partial charge in [-0.25, -0.2) is 4.79 Å². The van der Waals surface area contributed by atoms with Crippen LogP contribution in [0.4, 0.5) is 0 Å². The molecule has 0 bridgehead atoms. The van der Waals surface area contributed by atoms with E-state index in [-0.39, 0.29) is 45.3 Å². The number of aromatic hydroxyl groups is 3. The molecule has 8 N–H and O–H groups in total. The molecule has 2 saturated heterocycles. The molecule has 1 aromatic heterocycles. The Labute approximate surface area is 311 Å². The van der Waals surface area contributed by atoms with Crippen molar-refractivity contribution in [3.63, 3.8) is 0 Å². The lowest BCUT2D eigenvalue weighted by Gasteiger charge is -2.42. The molecule has 3 aromatic carbocycles. The largest absolute Gasteiger partial charge is 0.508 e. The van der Waals surface area contributed by atoms with Crippen LogP contribution in [-0.4, -0.2) is 130 Å². The van der Waals surface area contributed by atoms with Gasteiger partial charge in [0.25, 0.3) is 0 Å². The van der Waals surface area contributed by atoms with E-state index >= 15 is 0 Å². The normalized spacial score (nSPS) is 26.6. The Morgan fingerprint density at radius 2 is 1.69 bits per heavy atom. The van der Waals surface area contributed by atoms with Crippen molar-refractivity contribution in [2.75, 3.05) is 34.0 Å². The molecule has 8 atom stereocenters. The van der Waals surface area contributed by atoms with E-state index in [1.54, 1.807) is 0 Å². The van der Waals surface area contributed by atoms with Crippen LogP contribution in [0.2, 0.25) is 0 Å². The molecule has 0 saturated carbocycles. The molecule has 0 unspecified atom stereocenters. The van der Waals surface area contributed by atoms with Crippen molar-refractivity contribution < 1.29 is 83.2 Å². The van der Waals surface area contributed by atoms with Gasteiger partial charge in [-0.1, -0.05) is 6.07 Å². The summed E-state index contributed by atoms with van der Waals surface area (Å²) >= 11 is 0. The predicted octanol–water partition coefficient (Wildman–Crippen LogP) is 0.502. The summed E-state index contributed by atoms with van der Waals surface area (Å²) in [6.45, 7) is -2.24. The molecular weight excluding hydrogens is 732 g/mol. The maximum atomic E-state index is 14.0. The fourth-order valence-electron chi connectivity index (χ4n) is 5.96. The zero-order valence-corrected chi connectivity index (χ0v) is 29.2. The first-order chi connectivity index (χ1) is 26.3. The van der Waals surface area contributed by atoms with E-state index in [4.69, 9.17) is 37.6 Å². The van der Waals surface area contributed by atoms with Crippen molar-refractivity contribution in [2.24, 2.45) is 0 Å². The maximum absolute atomic E-state index is 14.0. The zero-order valence-electron chi connectivity index (χ0n) is 29.2. The first-order valence-electron chi connectivity index (χ1n) is 16.6. The van der Waals surface area contributed by atoms with Gasteiger partial charge in [0.05, 0.1) is 27.4 Å². The van der Waals surface area contributed by atoms with Crippen molar-refractivity contribution in [1.82, 2.24) is 0 Å². The predicted molar refractivity (Wildman–Crippen MR) is 186 cm³/mol. The number of rotatable bonds is 12. The molecule has 2 aliphatic rings. The van der Waals surface area contributed by atoms with Gasteiger partial charge in [0, 0.05) is 23.8 Å². The second-order valence-electron chi connectivity index (χ2n) is 12.7. The Morgan fingerprint density at radius 1 is 0.945 bits per heavy atom. The van der Waals surface area contributed by atoms with Crippen LogP contribution in [0.25, 0.3) is 28.4 Å². The quantitative estimate of drug-likeness (QED) is 0.0720. The van der Waals surface area contributed by atoms with Crippen molar-refractivity contribution >= 4 is 23.0 Å². The Hall–Kier alpha value is -5.44. The van der Waals surface area contributed by atoms with Crippen LogP contribution in [0.3, 0.4) is 0 Å². The number of carbonyl (C=O) groups is 1. The number of hydrogen-bond donors (Lipinski definition) is 8. The summed E-state index contributed by atoms with van der Waals surface area (Å²) in [6.07, 6.45) is -10.2. The fourth-order valence-corrected chi connectivity index (χ4v) is 5.96. The van der Waals surface area contributed by atoms with Crippen molar-refractivity contribution in [1.29, 1.82) is 0 Å². The third-order valence-corrected chi connectivity index (χ3v) is 9.01. The van der Waals surface area contributed by atoms with Gasteiger partial charge >= 0.3 is 5.97 Å². The van der Waals surface area contributed by atoms with Crippen LogP contribution in [0.1, 0.15) is 5.56 Å². The highest BCUT2D eigenvalue weighted by molar-refractivity contribution is 5.88. The molecular formula is C37H38O18. The van der Waals surface area contributed by atoms with E-state index in [0.717, 1.165) is 12.1 Å². The molecule has 0 spiro atoms. The van der Waals surface area contributed by atoms with Gasteiger partial charge in [0.15, 0.2) is 35.3 Å². The van der Waals surface area contributed by atoms with Crippen LogP contribution in [0, 0.1) is 0 Å². The summed E-state index contributed by atoms with van der Waals surface area (Å²) < 4.78 is 44.4. The highest BCUT2D eigenvalue weighted by atomic mass is 16.8. The van der Waals surface area contributed by atoms with Crippen molar-refractivity contribution in [3.8, 4) is 45.8 Å². The van der Waals surface area contributed by atoms with Gasteiger partial charge in [0.2, 0.25) is 17.5 Å². The van der Waals surface area contributed by atoms with E-state index < -0.39 is 91.4 Å². The van der Waals surface area contributed by atoms with Gasteiger partial charge in [-0.15, -0.1) is 0 Å². The number of carbonyl (C=O) groups excluding carboxylic acids is 1. The average molecular weight is 771 g/mol. The molecule has 0 radical (unpaired) electrons. The van der Waals surface area contributed by atoms with E-state index in [9.17, 15) is 50.4 Å². The number of ether oxygens (including phenoxy) is 7. The summed E-state index contributed by atoms with van der Waals surface area (Å²) in [5.41, 5.74) is -2.60. The third kappa shape index (κ3) is 8.02. The van der Waals surface area contributed by atoms with Crippen LogP contribution < -0.4 is 19.6 Å². The van der Waals surface area contributed by atoms with Gasteiger partial charge in [-0.3, -0.25) is 4.79 Å². The lowest BCUT2D eigenvalue weighted by molar-refractivity contribution is -0.319. The SMILES string of the molecule is COc1cc(O)c2c(=O)c(O[C@@H]3O[C@H](CO)[C@@H](O)[C@H](O)[C@H]3O[C@@H]3OC[C@](O)(COC(=O)/C=C/c4ccc(O)c(OC)c4)[C@H]3O)c(-c3ccc(O)cc3)oc2c1. The monoisotopic (exact) mass is 770 g/mol. The number of esters is 1. The number of benzene rings is 3. The smallest absolute Gasteiger partial charge is 0.330 e. The molecule has 4 aromatic rings. The molecule has 18 nitrogen and oxygen atoms in total. The minimum absolute atomic E-state index is 0.107. The van der Waals surface area contributed by atoms with Crippen LogP contribution in [-0.2, 0) is 23.7 Å². The number of phenolic OH excluding ortho intramolecular Hbond substituents is 3. The third-order valence-electron chi connectivity index (χ3n) is 9.01. The summed E-state index contributed by atoms with van der Waals surface area (Å²) in [6, 6.07) is 12.2. The van der Waals surface area contributed by atoms with Gasteiger partial charge in [-0.05, 0) is 48.0 Å². The summed E-state index contributed by atoms with van der Waals surface area (Å²) in [4.78, 5) is 26.5. The molecule has 0 aliphatic carbocycles. The Bertz CT molecular complexity index is 2100. The standard InChI is InChI=1S/C37H38O18/c1-48-20-12-22(41)27-24(13-20)52-31(18-5-7-19(39)8-6-18)32(29(27)44)54-35-33(30(45)28(43)25(14-38)53-35)55-36-34(46)37(47,16-51-36)15-50-26(42)10-4-17-3-9-21(40)23(11-17)49-2/h3-13,25,28,30,33-36,38-41,43,45-47H,14-16H2,1-2H3/b10-4+/t25-,28-,30+,33-,34+,35+,36+,37-/m1/s1.